The lowest BCUT2D eigenvalue weighted by atomic mass is 10.2. The quantitative estimate of drug-likeness (QED) is 0.633. The molecule has 90 valence electrons. The molecule has 0 spiro atoms. The van der Waals surface area contributed by atoms with E-state index in [1.807, 2.05) is 54.2 Å². The van der Waals surface area contributed by atoms with Crippen LogP contribution in [0.25, 0.3) is 16.6 Å². The molecular formula is C14H10Cl2N2. The van der Waals surface area contributed by atoms with Crippen molar-refractivity contribution in [3.63, 3.8) is 0 Å². The van der Waals surface area contributed by atoms with Crippen molar-refractivity contribution in [1.82, 2.24) is 9.78 Å². The van der Waals surface area contributed by atoms with Gasteiger partial charge < -0.3 is 0 Å². The van der Waals surface area contributed by atoms with Gasteiger partial charge >= 0.3 is 0 Å². The summed E-state index contributed by atoms with van der Waals surface area (Å²) in [4.78, 5) is 0. The summed E-state index contributed by atoms with van der Waals surface area (Å²) >= 11 is 12.1. The van der Waals surface area contributed by atoms with Gasteiger partial charge in [0, 0.05) is 21.6 Å². The Kier molecular flexibility index (Phi) is 2.77. The van der Waals surface area contributed by atoms with Gasteiger partial charge in [0.25, 0.3) is 0 Å². The molecule has 0 amide bonds. The minimum Gasteiger partial charge on any atom is -0.240 e. The molecular weight excluding hydrogens is 267 g/mol. The molecule has 0 unspecified atom stereocenters. The van der Waals surface area contributed by atoms with Gasteiger partial charge in [0.1, 0.15) is 0 Å². The van der Waals surface area contributed by atoms with Gasteiger partial charge in [0.15, 0.2) is 0 Å². The Morgan fingerprint density at radius 2 is 1.89 bits per heavy atom. The Morgan fingerprint density at radius 3 is 2.67 bits per heavy atom. The van der Waals surface area contributed by atoms with Crippen LogP contribution in [0.4, 0.5) is 0 Å². The summed E-state index contributed by atoms with van der Waals surface area (Å²) in [5.74, 6) is 0. The highest BCUT2D eigenvalue weighted by Gasteiger charge is 2.04. The maximum absolute atomic E-state index is 6.13. The van der Waals surface area contributed by atoms with Crippen LogP contribution < -0.4 is 0 Å². The summed E-state index contributed by atoms with van der Waals surface area (Å²) in [7, 11) is 0. The van der Waals surface area contributed by atoms with Crippen LogP contribution in [0.3, 0.4) is 0 Å². The van der Waals surface area contributed by atoms with E-state index in [1.54, 1.807) is 0 Å². The number of hydrogen-bond acceptors (Lipinski definition) is 1. The van der Waals surface area contributed by atoms with Crippen molar-refractivity contribution in [3.05, 3.63) is 58.2 Å². The van der Waals surface area contributed by atoms with Crippen molar-refractivity contribution in [2.45, 2.75) is 6.92 Å². The van der Waals surface area contributed by atoms with Crippen molar-refractivity contribution in [2.24, 2.45) is 0 Å². The molecule has 0 bridgehead atoms. The lowest BCUT2D eigenvalue weighted by Gasteiger charge is -2.03. The van der Waals surface area contributed by atoms with Crippen molar-refractivity contribution >= 4 is 34.1 Å². The van der Waals surface area contributed by atoms with Gasteiger partial charge in [0.05, 0.1) is 11.2 Å². The first-order chi connectivity index (χ1) is 8.63. The number of aryl methyl sites for hydroxylation is 1. The van der Waals surface area contributed by atoms with Crippen LogP contribution in [-0.4, -0.2) is 9.78 Å². The number of hydrogen-bond donors (Lipinski definition) is 0. The summed E-state index contributed by atoms with van der Waals surface area (Å²) in [6.45, 7) is 1.98. The Hall–Kier alpha value is -1.51. The van der Waals surface area contributed by atoms with Crippen LogP contribution >= 0.6 is 23.2 Å². The monoisotopic (exact) mass is 276 g/mol. The van der Waals surface area contributed by atoms with Crippen molar-refractivity contribution in [3.8, 4) is 5.69 Å². The molecule has 0 aliphatic rings. The lowest BCUT2D eigenvalue weighted by molar-refractivity contribution is 0.896. The third-order valence-corrected chi connectivity index (χ3v) is 3.53. The Balaban J connectivity index is 2.16. The molecule has 4 heteroatoms. The summed E-state index contributed by atoms with van der Waals surface area (Å²) in [5.41, 5.74) is 2.91. The Labute approximate surface area is 115 Å². The predicted octanol–water partition coefficient (Wildman–Crippen LogP) is 4.64. The number of rotatable bonds is 1. The van der Waals surface area contributed by atoms with Gasteiger partial charge in [-0.2, -0.15) is 5.10 Å². The number of halogens is 2. The lowest BCUT2D eigenvalue weighted by Crippen LogP contribution is -1.94. The molecule has 2 nitrogen and oxygen atoms in total. The van der Waals surface area contributed by atoms with Gasteiger partial charge in [-0.3, -0.25) is 0 Å². The highest BCUT2D eigenvalue weighted by Crippen LogP contribution is 2.22. The minimum atomic E-state index is 0.712. The highest BCUT2D eigenvalue weighted by atomic mass is 35.5. The summed E-state index contributed by atoms with van der Waals surface area (Å²) in [6.07, 6.45) is 1.95. The molecule has 0 saturated heterocycles. The molecule has 0 radical (unpaired) electrons. The molecule has 3 aromatic rings. The van der Waals surface area contributed by atoms with Gasteiger partial charge in [0.2, 0.25) is 0 Å². The average molecular weight is 277 g/mol. The first kappa shape index (κ1) is 11.6. The maximum Gasteiger partial charge on any atom is 0.0928 e. The van der Waals surface area contributed by atoms with Gasteiger partial charge in [-0.1, -0.05) is 29.3 Å². The average Bonchev–Trinajstić information content (AvgIpc) is 2.75. The van der Waals surface area contributed by atoms with Gasteiger partial charge in [-0.15, -0.1) is 0 Å². The van der Waals surface area contributed by atoms with Gasteiger partial charge in [-0.25, -0.2) is 4.68 Å². The fourth-order valence-corrected chi connectivity index (χ4v) is 2.21. The fraction of sp³-hybridized carbons (Fsp3) is 0.0714. The molecule has 0 aliphatic heterocycles. The van der Waals surface area contributed by atoms with E-state index in [2.05, 4.69) is 5.10 Å². The zero-order valence-corrected chi connectivity index (χ0v) is 11.2. The normalized spacial score (nSPS) is 11.1. The smallest absolute Gasteiger partial charge is 0.0928 e. The molecule has 0 N–H and O–H groups in total. The van der Waals surface area contributed by atoms with Crippen LogP contribution in [0.15, 0.2) is 42.6 Å². The van der Waals surface area contributed by atoms with Crippen LogP contribution in [0, 0.1) is 6.92 Å². The topological polar surface area (TPSA) is 17.8 Å². The van der Waals surface area contributed by atoms with E-state index in [0.717, 1.165) is 27.2 Å². The minimum absolute atomic E-state index is 0.712. The molecule has 0 atom stereocenters. The zero-order chi connectivity index (χ0) is 12.7. The molecule has 0 fully saturated rings. The zero-order valence-electron chi connectivity index (χ0n) is 9.69. The van der Waals surface area contributed by atoms with Crippen molar-refractivity contribution in [2.75, 3.05) is 0 Å². The summed E-state index contributed by atoms with van der Waals surface area (Å²) < 4.78 is 1.81. The Bertz CT molecular complexity index is 732. The molecule has 1 heterocycles. The molecule has 18 heavy (non-hydrogen) atoms. The number of nitrogens with zero attached hydrogens (tertiary/aromatic N) is 2. The van der Waals surface area contributed by atoms with E-state index in [9.17, 15) is 0 Å². The predicted molar refractivity (Wildman–Crippen MR) is 75.8 cm³/mol. The second-order valence-corrected chi connectivity index (χ2v) is 5.05. The van der Waals surface area contributed by atoms with E-state index in [1.165, 1.54) is 0 Å². The van der Waals surface area contributed by atoms with Crippen molar-refractivity contribution in [1.29, 1.82) is 0 Å². The molecule has 3 rings (SSSR count). The standard InChI is InChI=1S/C14H10Cl2N2/c1-9-2-4-12(7-13(9)16)18-8-10-6-11(15)3-5-14(10)17-18/h2-8H,1H3. The van der Waals surface area contributed by atoms with Crippen LogP contribution in [-0.2, 0) is 0 Å². The summed E-state index contributed by atoms with van der Waals surface area (Å²) in [5, 5.41) is 6.96. The second kappa shape index (κ2) is 4.30. The Morgan fingerprint density at radius 1 is 1.06 bits per heavy atom. The van der Waals surface area contributed by atoms with E-state index >= 15 is 0 Å². The highest BCUT2D eigenvalue weighted by molar-refractivity contribution is 6.31. The van der Waals surface area contributed by atoms with E-state index < -0.39 is 0 Å². The number of aromatic nitrogens is 2. The van der Waals surface area contributed by atoms with E-state index in [-0.39, 0.29) is 0 Å². The molecule has 2 aromatic carbocycles. The second-order valence-electron chi connectivity index (χ2n) is 4.21. The first-order valence-electron chi connectivity index (χ1n) is 5.55. The maximum atomic E-state index is 6.13. The summed E-state index contributed by atoms with van der Waals surface area (Å²) in [6, 6.07) is 11.5. The first-order valence-corrected chi connectivity index (χ1v) is 6.30. The van der Waals surface area contributed by atoms with E-state index in [4.69, 9.17) is 23.2 Å². The SMILES string of the molecule is Cc1ccc(-n2cc3cc(Cl)ccc3n2)cc1Cl. The molecule has 1 aromatic heterocycles. The fourth-order valence-electron chi connectivity index (χ4n) is 1.85. The van der Waals surface area contributed by atoms with Crippen LogP contribution in [0.5, 0.6) is 0 Å². The number of fused-ring (bicyclic) bond motifs is 1. The van der Waals surface area contributed by atoms with E-state index in [0.29, 0.717) is 5.02 Å². The van der Waals surface area contributed by atoms with Crippen LogP contribution in [0.1, 0.15) is 5.56 Å². The molecule has 0 aliphatic carbocycles. The largest absolute Gasteiger partial charge is 0.240 e. The van der Waals surface area contributed by atoms with Crippen molar-refractivity contribution < 1.29 is 0 Å². The number of benzene rings is 2. The molecule has 0 saturated carbocycles. The van der Waals surface area contributed by atoms with Crippen LogP contribution in [0.2, 0.25) is 10.0 Å². The third-order valence-electron chi connectivity index (χ3n) is 2.89. The van der Waals surface area contributed by atoms with Gasteiger partial charge in [-0.05, 0) is 42.8 Å². The third kappa shape index (κ3) is 1.98.